The Morgan fingerprint density at radius 1 is 1.22 bits per heavy atom. The molecule has 1 N–H and O–H groups in total. The molecule has 0 saturated carbocycles. The average Bonchev–Trinajstić information content (AvgIpc) is 2.56. The summed E-state index contributed by atoms with van der Waals surface area (Å²) >= 11 is 1.81. The minimum Gasteiger partial charge on any atom is -0.308 e. The van der Waals surface area contributed by atoms with E-state index in [1.54, 1.807) is 0 Å². The number of likely N-dealkylation sites (N-methyl/N-ethyl adjacent to an activating group) is 1. The molecular weight excluding hydrogens is 242 g/mol. The van der Waals surface area contributed by atoms with Gasteiger partial charge in [-0.3, -0.25) is 0 Å². The number of thiazole rings is 1. The zero-order valence-electron chi connectivity index (χ0n) is 12.7. The second-order valence-electron chi connectivity index (χ2n) is 5.68. The summed E-state index contributed by atoms with van der Waals surface area (Å²) in [7, 11) is 4.26. The SMILES string of the molecule is Cc1nc(C)c(C(C)NC(CN(C)C)C(C)C)s1. The van der Waals surface area contributed by atoms with E-state index in [2.05, 4.69) is 63.9 Å². The third kappa shape index (κ3) is 4.34. The van der Waals surface area contributed by atoms with E-state index in [0.29, 0.717) is 18.0 Å². The topological polar surface area (TPSA) is 28.2 Å². The molecule has 0 aliphatic carbocycles. The zero-order valence-corrected chi connectivity index (χ0v) is 13.6. The van der Waals surface area contributed by atoms with Crippen LogP contribution in [-0.4, -0.2) is 36.6 Å². The van der Waals surface area contributed by atoms with Gasteiger partial charge in [0.1, 0.15) is 0 Å². The highest BCUT2D eigenvalue weighted by Gasteiger charge is 2.20. The maximum Gasteiger partial charge on any atom is 0.0900 e. The normalized spacial score (nSPS) is 15.4. The summed E-state index contributed by atoms with van der Waals surface area (Å²) in [5.74, 6) is 0.629. The lowest BCUT2D eigenvalue weighted by molar-refractivity contribution is 0.274. The van der Waals surface area contributed by atoms with Gasteiger partial charge in [-0.2, -0.15) is 0 Å². The lowest BCUT2D eigenvalue weighted by Crippen LogP contribution is -2.43. The summed E-state index contributed by atoms with van der Waals surface area (Å²) in [4.78, 5) is 8.13. The van der Waals surface area contributed by atoms with Crippen LogP contribution >= 0.6 is 11.3 Å². The molecule has 1 aromatic rings. The van der Waals surface area contributed by atoms with Crippen LogP contribution in [0.5, 0.6) is 0 Å². The van der Waals surface area contributed by atoms with Crippen LogP contribution in [-0.2, 0) is 0 Å². The zero-order chi connectivity index (χ0) is 13.9. The van der Waals surface area contributed by atoms with Crippen LogP contribution in [0.2, 0.25) is 0 Å². The van der Waals surface area contributed by atoms with Gasteiger partial charge in [-0.25, -0.2) is 4.98 Å². The predicted octanol–water partition coefficient (Wildman–Crippen LogP) is 3.00. The molecule has 0 aromatic carbocycles. The molecule has 1 heterocycles. The lowest BCUT2D eigenvalue weighted by Gasteiger charge is -2.28. The van der Waals surface area contributed by atoms with Crippen molar-refractivity contribution in [1.29, 1.82) is 0 Å². The average molecular weight is 269 g/mol. The number of aromatic nitrogens is 1. The van der Waals surface area contributed by atoms with E-state index in [1.807, 2.05) is 11.3 Å². The maximum absolute atomic E-state index is 4.51. The Bertz CT molecular complexity index is 371. The van der Waals surface area contributed by atoms with E-state index < -0.39 is 0 Å². The molecule has 0 saturated heterocycles. The third-order valence-electron chi connectivity index (χ3n) is 3.16. The summed E-state index contributed by atoms with van der Waals surface area (Å²) in [6.45, 7) is 12.0. The van der Waals surface area contributed by atoms with Gasteiger partial charge in [0, 0.05) is 23.5 Å². The lowest BCUT2D eigenvalue weighted by atomic mass is 10.0. The summed E-state index contributed by atoms with van der Waals surface area (Å²) in [5, 5.41) is 4.90. The van der Waals surface area contributed by atoms with Crippen molar-refractivity contribution in [1.82, 2.24) is 15.2 Å². The smallest absolute Gasteiger partial charge is 0.0900 e. The predicted molar refractivity (Wildman–Crippen MR) is 80.3 cm³/mol. The van der Waals surface area contributed by atoms with E-state index in [0.717, 1.165) is 11.6 Å². The van der Waals surface area contributed by atoms with Crippen molar-refractivity contribution in [3.63, 3.8) is 0 Å². The Morgan fingerprint density at radius 2 is 1.83 bits per heavy atom. The quantitative estimate of drug-likeness (QED) is 0.860. The number of hydrogen-bond donors (Lipinski definition) is 1. The van der Waals surface area contributed by atoms with Crippen molar-refractivity contribution in [3.05, 3.63) is 15.6 Å². The first-order valence-electron chi connectivity index (χ1n) is 6.66. The van der Waals surface area contributed by atoms with Crippen LogP contribution < -0.4 is 5.32 Å². The molecule has 0 aliphatic heterocycles. The van der Waals surface area contributed by atoms with Crippen molar-refractivity contribution in [2.45, 2.75) is 46.7 Å². The second-order valence-corrected chi connectivity index (χ2v) is 6.92. The molecular formula is C14H27N3S. The Labute approximate surface area is 116 Å². The van der Waals surface area contributed by atoms with Crippen LogP contribution in [0.1, 0.15) is 42.4 Å². The number of aryl methyl sites for hydroxylation is 2. The summed E-state index contributed by atoms with van der Waals surface area (Å²) in [5.41, 5.74) is 1.17. The molecule has 1 aromatic heterocycles. The Balaban J connectivity index is 2.72. The number of nitrogens with one attached hydrogen (secondary N) is 1. The van der Waals surface area contributed by atoms with Crippen molar-refractivity contribution < 1.29 is 0 Å². The molecule has 104 valence electrons. The highest BCUT2D eigenvalue weighted by Crippen LogP contribution is 2.25. The minimum atomic E-state index is 0.378. The first-order valence-corrected chi connectivity index (χ1v) is 7.47. The monoisotopic (exact) mass is 269 g/mol. The fourth-order valence-electron chi connectivity index (χ4n) is 2.19. The molecule has 1 rings (SSSR count). The van der Waals surface area contributed by atoms with Crippen molar-refractivity contribution in [2.24, 2.45) is 5.92 Å². The maximum atomic E-state index is 4.51. The van der Waals surface area contributed by atoms with E-state index in [9.17, 15) is 0 Å². The van der Waals surface area contributed by atoms with Gasteiger partial charge < -0.3 is 10.2 Å². The molecule has 0 aliphatic rings. The fourth-order valence-corrected chi connectivity index (χ4v) is 3.13. The third-order valence-corrected chi connectivity index (χ3v) is 4.42. The molecule has 18 heavy (non-hydrogen) atoms. The molecule has 0 radical (unpaired) electrons. The van der Waals surface area contributed by atoms with E-state index in [4.69, 9.17) is 0 Å². The summed E-state index contributed by atoms with van der Waals surface area (Å²) in [6.07, 6.45) is 0. The summed E-state index contributed by atoms with van der Waals surface area (Å²) < 4.78 is 0. The van der Waals surface area contributed by atoms with Gasteiger partial charge in [0.05, 0.1) is 10.7 Å². The van der Waals surface area contributed by atoms with Gasteiger partial charge in [-0.1, -0.05) is 13.8 Å². The number of nitrogens with zero attached hydrogens (tertiary/aromatic N) is 2. The van der Waals surface area contributed by atoms with Gasteiger partial charge in [0.2, 0.25) is 0 Å². The van der Waals surface area contributed by atoms with Crippen LogP contribution in [0.25, 0.3) is 0 Å². The van der Waals surface area contributed by atoms with Gasteiger partial charge in [0.25, 0.3) is 0 Å². The van der Waals surface area contributed by atoms with Crippen LogP contribution in [0.4, 0.5) is 0 Å². The highest BCUT2D eigenvalue weighted by atomic mass is 32.1. The van der Waals surface area contributed by atoms with Crippen molar-refractivity contribution in [2.75, 3.05) is 20.6 Å². The standard InChI is InChI=1S/C14H27N3S/c1-9(2)13(8-17(6)7)16-11(4)14-10(3)15-12(5)18-14/h9,11,13,16H,8H2,1-7H3. The molecule has 0 spiro atoms. The number of rotatable bonds is 6. The molecule has 0 amide bonds. The minimum absolute atomic E-state index is 0.378. The van der Waals surface area contributed by atoms with Gasteiger partial charge in [-0.05, 0) is 40.8 Å². The van der Waals surface area contributed by atoms with Crippen LogP contribution in [0, 0.1) is 19.8 Å². The Kier molecular flexibility index (Phi) is 5.76. The van der Waals surface area contributed by atoms with Crippen LogP contribution in [0.15, 0.2) is 0 Å². The van der Waals surface area contributed by atoms with Gasteiger partial charge in [0.15, 0.2) is 0 Å². The molecule has 0 fully saturated rings. The Morgan fingerprint density at radius 3 is 2.22 bits per heavy atom. The molecule has 3 nitrogen and oxygen atoms in total. The van der Waals surface area contributed by atoms with Crippen molar-refractivity contribution >= 4 is 11.3 Å². The molecule has 0 bridgehead atoms. The first-order chi connectivity index (χ1) is 8.31. The largest absolute Gasteiger partial charge is 0.308 e. The van der Waals surface area contributed by atoms with E-state index in [-0.39, 0.29) is 0 Å². The number of hydrogen-bond acceptors (Lipinski definition) is 4. The molecule has 4 heteroatoms. The van der Waals surface area contributed by atoms with E-state index in [1.165, 1.54) is 10.6 Å². The van der Waals surface area contributed by atoms with Crippen molar-refractivity contribution in [3.8, 4) is 0 Å². The van der Waals surface area contributed by atoms with Gasteiger partial charge >= 0.3 is 0 Å². The highest BCUT2D eigenvalue weighted by molar-refractivity contribution is 7.11. The molecule has 2 atom stereocenters. The summed E-state index contributed by atoms with van der Waals surface area (Å²) in [6, 6.07) is 0.889. The van der Waals surface area contributed by atoms with Gasteiger partial charge in [-0.15, -0.1) is 11.3 Å². The van der Waals surface area contributed by atoms with E-state index >= 15 is 0 Å². The second kappa shape index (κ2) is 6.64. The molecule has 2 unspecified atom stereocenters. The first kappa shape index (κ1) is 15.6. The van der Waals surface area contributed by atoms with Crippen LogP contribution in [0.3, 0.4) is 0 Å². The Hall–Kier alpha value is -0.450. The fraction of sp³-hybridized carbons (Fsp3) is 0.786.